The molecule has 31 heavy (non-hydrogen) atoms. The number of ether oxygens (including phenoxy) is 1. The molecule has 0 radical (unpaired) electrons. The molecule has 0 saturated carbocycles. The summed E-state index contributed by atoms with van der Waals surface area (Å²) in [6.45, 7) is 3.93. The highest BCUT2D eigenvalue weighted by molar-refractivity contribution is 6.06. The van der Waals surface area contributed by atoms with Gasteiger partial charge in [-0.05, 0) is 42.2 Å². The summed E-state index contributed by atoms with van der Waals surface area (Å²) >= 11 is 0. The zero-order valence-corrected chi connectivity index (χ0v) is 17.7. The molecule has 3 aromatic rings. The van der Waals surface area contributed by atoms with Crippen LogP contribution in [0, 0.1) is 0 Å². The molecule has 5 rings (SSSR count). The molecule has 0 bridgehead atoms. The number of aromatic nitrogens is 2. The Morgan fingerprint density at radius 1 is 1.10 bits per heavy atom. The molecule has 1 aromatic heterocycles. The van der Waals surface area contributed by atoms with Crippen LogP contribution in [0.2, 0.25) is 0 Å². The van der Waals surface area contributed by atoms with Gasteiger partial charge in [-0.15, -0.1) is 0 Å². The van der Waals surface area contributed by atoms with Crippen LogP contribution in [0.4, 0.5) is 17.3 Å². The molecular formula is C24H25N5O2. The van der Waals surface area contributed by atoms with E-state index in [4.69, 9.17) is 4.74 Å². The van der Waals surface area contributed by atoms with E-state index in [0.29, 0.717) is 12.4 Å². The second-order valence-corrected chi connectivity index (χ2v) is 7.97. The third kappa shape index (κ3) is 3.56. The fourth-order valence-electron chi connectivity index (χ4n) is 4.31. The number of carbonyl (C=O) groups excluding carboxylic acids is 1. The van der Waals surface area contributed by atoms with Crippen molar-refractivity contribution in [2.75, 3.05) is 28.8 Å². The molecule has 1 unspecified atom stereocenters. The van der Waals surface area contributed by atoms with Crippen molar-refractivity contribution in [1.82, 2.24) is 9.97 Å². The zero-order valence-electron chi connectivity index (χ0n) is 17.7. The first-order chi connectivity index (χ1) is 15.1. The molecule has 1 amide bonds. The molecule has 2 aliphatic heterocycles. The standard InChI is InChI=1S/C24H25N5O2/c1-16-24(30)29(13-17-7-9-20(31-2)10-8-17)21-22(27-16)25-15-26-23(21)28-12-11-18-5-3-4-6-19(18)14-28/h3-10,15-16H,11-14H2,1-2H3,(H,25,26,27). The average molecular weight is 415 g/mol. The number of fused-ring (bicyclic) bond motifs is 2. The van der Waals surface area contributed by atoms with Crippen LogP contribution in [0.25, 0.3) is 0 Å². The van der Waals surface area contributed by atoms with Crippen LogP contribution in [0.5, 0.6) is 5.75 Å². The Kier molecular flexibility index (Phi) is 4.94. The maximum atomic E-state index is 13.2. The number of anilines is 3. The van der Waals surface area contributed by atoms with E-state index in [9.17, 15) is 4.79 Å². The van der Waals surface area contributed by atoms with Gasteiger partial charge in [0, 0.05) is 13.1 Å². The highest BCUT2D eigenvalue weighted by Gasteiger charge is 2.35. The van der Waals surface area contributed by atoms with Crippen LogP contribution in [0.3, 0.4) is 0 Å². The zero-order chi connectivity index (χ0) is 21.4. The summed E-state index contributed by atoms with van der Waals surface area (Å²) in [6, 6.07) is 15.9. The lowest BCUT2D eigenvalue weighted by atomic mass is 9.99. The Hall–Kier alpha value is -3.61. The molecule has 2 aromatic carbocycles. The molecule has 0 aliphatic carbocycles. The number of methoxy groups -OCH3 is 1. The Bertz CT molecular complexity index is 1120. The number of nitrogens with zero attached hydrogens (tertiary/aromatic N) is 4. The van der Waals surface area contributed by atoms with Crippen molar-refractivity contribution in [2.24, 2.45) is 0 Å². The van der Waals surface area contributed by atoms with Gasteiger partial charge in [-0.1, -0.05) is 36.4 Å². The molecule has 3 heterocycles. The maximum Gasteiger partial charge on any atom is 0.249 e. The van der Waals surface area contributed by atoms with Crippen LogP contribution in [-0.2, 0) is 24.3 Å². The van der Waals surface area contributed by atoms with Crippen molar-refractivity contribution < 1.29 is 9.53 Å². The van der Waals surface area contributed by atoms with E-state index in [1.165, 1.54) is 11.1 Å². The van der Waals surface area contributed by atoms with E-state index in [1.807, 2.05) is 36.1 Å². The van der Waals surface area contributed by atoms with Gasteiger partial charge in [-0.2, -0.15) is 0 Å². The van der Waals surface area contributed by atoms with Gasteiger partial charge in [-0.3, -0.25) is 9.69 Å². The first-order valence-corrected chi connectivity index (χ1v) is 10.5. The molecule has 0 saturated heterocycles. The van der Waals surface area contributed by atoms with Gasteiger partial charge in [0.25, 0.3) is 0 Å². The van der Waals surface area contributed by atoms with Gasteiger partial charge in [0.1, 0.15) is 23.8 Å². The van der Waals surface area contributed by atoms with Crippen LogP contribution >= 0.6 is 0 Å². The van der Waals surface area contributed by atoms with E-state index in [0.717, 1.165) is 42.3 Å². The number of benzene rings is 2. The fraction of sp³-hybridized carbons (Fsp3) is 0.292. The number of rotatable bonds is 4. The van der Waals surface area contributed by atoms with Gasteiger partial charge in [0.15, 0.2) is 11.6 Å². The highest BCUT2D eigenvalue weighted by atomic mass is 16.5. The maximum absolute atomic E-state index is 13.2. The summed E-state index contributed by atoms with van der Waals surface area (Å²) in [5.74, 6) is 2.29. The van der Waals surface area contributed by atoms with E-state index in [1.54, 1.807) is 13.4 Å². The Morgan fingerprint density at radius 3 is 2.65 bits per heavy atom. The number of carbonyl (C=O) groups is 1. The van der Waals surface area contributed by atoms with Crippen molar-refractivity contribution in [2.45, 2.75) is 32.5 Å². The number of hydrogen-bond donors (Lipinski definition) is 1. The van der Waals surface area contributed by atoms with Crippen LogP contribution in [0.1, 0.15) is 23.6 Å². The molecule has 1 atom stereocenters. The predicted octanol–water partition coefficient (Wildman–Crippen LogP) is 3.40. The van der Waals surface area contributed by atoms with Crippen LogP contribution in [-0.4, -0.2) is 35.6 Å². The minimum Gasteiger partial charge on any atom is -0.497 e. The van der Waals surface area contributed by atoms with Gasteiger partial charge in [0.05, 0.1) is 13.7 Å². The van der Waals surface area contributed by atoms with E-state index < -0.39 is 0 Å². The minimum atomic E-state index is -0.351. The summed E-state index contributed by atoms with van der Waals surface area (Å²) in [7, 11) is 1.65. The van der Waals surface area contributed by atoms with Crippen LogP contribution < -0.4 is 19.9 Å². The van der Waals surface area contributed by atoms with Crippen LogP contribution in [0.15, 0.2) is 54.9 Å². The van der Waals surface area contributed by atoms with Gasteiger partial charge < -0.3 is 15.0 Å². The SMILES string of the molecule is COc1ccc(CN2C(=O)C(C)Nc3ncnc(N4CCc5ccccc5C4)c32)cc1. The van der Waals surface area contributed by atoms with E-state index in [2.05, 4.69) is 44.5 Å². The number of nitrogens with one attached hydrogen (secondary N) is 1. The molecule has 7 heteroatoms. The van der Waals surface area contributed by atoms with Gasteiger partial charge in [-0.25, -0.2) is 9.97 Å². The Morgan fingerprint density at radius 2 is 1.87 bits per heavy atom. The van der Waals surface area contributed by atoms with Crippen molar-refractivity contribution >= 4 is 23.2 Å². The average Bonchev–Trinajstić information content (AvgIpc) is 2.81. The second kappa shape index (κ2) is 7.91. The van der Waals surface area contributed by atoms with Gasteiger partial charge >= 0.3 is 0 Å². The molecule has 2 aliphatic rings. The Balaban J connectivity index is 1.52. The molecule has 158 valence electrons. The van der Waals surface area contributed by atoms with E-state index >= 15 is 0 Å². The summed E-state index contributed by atoms with van der Waals surface area (Å²) in [6.07, 6.45) is 2.53. The van der Waals surface area contributed by atoms with Crippen molar-refractivity contribution in [3.63, 3.8) is 0 Å². The minimum absolute atomic E-state index is 0.0109. The smallest absolute Gasteiger partial charge is 0.249 e. The fourth-order valence-corrected chi connectivity index (χ4v) is 4.31. The molecule has 0 fully saturated rings. The summed E-state index contributed by atoms with van der Waals surface area (Å²) in [5.41, 5.74) is 4.44. The summed E-state index contributed by atoms with van der Waals surface area (Å²) in [5, 5.41) is 3.25. The number of hydrogen-bond acceptors (Lipinski definition) is 6. The molecular weight excluding hydrogens is 390 g/mol. The number of amides is 1. The Labute approximate surface area is 181 Å². The lowest BCUT2D eigenvalue weighted by Crippen LogP contribution is -2.47. The summed E-state index contributed by atoms with van der Waals surface area (Å²) < 4.78 is 5.26. The summed E-state index contributed by atoms with van der Waals surface area (Å²) in [4.78, 5) is 26.4. The quantitative estimate of drug-likeness (QED) is 0.704. The lowest BCUT2D eigenvalue weighted by Gasteiger charge is -2.38. The largest absolute Gasteiger partial charge is 0.497 e. The third-order valence-electron chi connectivity index (χ3n) is 5.99. The highest BCUT2D eigenvalue weighted by Crippen LogP contribution is 2.39. The lowest BCUT2D eigenvalue weighted by molar-refractivity contribution is -0.119. The predicted molar refractivity (Wildman–Crippen MR) is 120 cm³/mol. The molecule has 7 nitrogen and oxygen atoms in total. The molecule has 0 spiro atoms. The van der Waals surface area contributed by atoms with Crippen molar-refractivity contribution in [3.05, 3.63) is 71.5 Å². The van der Waals surface area contributed by atoms with E-state index in [-0.39, 0.29) is 11.9 Å². The second-order valence-electron chi connectivity index (χ2n) is 7.97. The third-order valence-corrected chi connectivity index (χ3v) is 5.99. The normalized spacial score (nSPS) is 17.6. The first kappa shape index (κ1) is 19.4. The monoisotopic (exact) mass is 415 g/mol. The topological polar surface area (TPSA) is 70.6 Å². The van der Waals surface area contributed by atoms with Crippen molar-refractivity contribution in [1.29, 1.82) is 0 Å². The van der Waals surface area contributed by atoms with Crippen molar-refractivity contribution in [3.8, 4) is 5.75 Å². The first-order valence-electron chi connectivity index (χ1n) is 10.5. The van der Waals surface area contributed by atoms with Gasteiger partial charge in [0.2, 0.25) is 5.91 Å². The molecule has 1 N–H and O–H groups in total.